The molecule has 1 aliphatic rings. The highest BCUT2D eigenvalue weighted by Crippen LogP contribution is 2.28. The Morgan fingerprint density at radius 3 is 3.07 bits per heavy atom. The number of likely N-dealkylation sites (N-methyl/N-ethyl adjacent to an activating group) is 1. The lowest BCUT2D eigenvalue weighted by atomic mass is 10.1. The first kappa shape index (κ1) is 9.62. The summed E-state index contributed by atoms with van der Waals surface area (Å²) < 4.78 is 0. The summed E-state index contributed by atoms with van der Waals surface area (Å²) in [5, 5.41) is 0. The minimum absolute atomic E-state index is 0.241. The van der Waals surface area contributed by atoms with E-state index < -0.39 is 0 Å². The standard InChI is InChI=1S/C11H17N3/c1-2-14-8-6-9(12)11(14)10-5-3-4-7-13-10/h3-5,7,9,11H,2,6,8,12H2,1H3. The van der Waals surface area contributed by atoms with Crippen LogP contribution in [0, 0.1) is 0 Å². The lowest BCUT2D eigenvalue weighted by Crippen LogP contribution is -2.32. The Labute approximate surface area is 84.9 Å². The normalized spacial score (nSPS) is 28.1. The van der Waals surface area contributed by atoms with Gasteiger partial charge in [-0.05, 0) is 25.1 Å². The zero-order valence-electron chi connectivity index (χ0n) is 8.56. The van der Waals surface area contributed by atoms with Crippen LogP contribution in [0.4, 0.5) is 0 Å². The Balaban J connectivity index is 2.23. The molecule has 76 valence electrons. The highest BCUT2D eigenvalue weighted by molar-refractivity contribution is 5.13. The summed E-state index contributed by atoms with van der Waals surface area (Å²) in [5.74, 6) is 0. The second kappa shape index (κ2) is 4.07. The van der Waals surface area contributed by atoms with Crippen molar-refractivity contribution in [1.29, 1.82) is 0 Å². The monoisotopic (exact) mass is 191 g/mol. The average molecular weight is 191 g/mol. The molecule has 0 amide bonds. The molecular weight excluding hydrogens is 174 g/mol. The van der Waals surface area contributed by atoms with Crippen molar-refractivity contribution in [3.8, 4) is 0 Å². The predicted octanol–water partition coefficient (Wildman–Crippen LogP) is 1.18. The topological polar surface area (TPSA) is 42.1 Å². The molecule has 0 aliphatic carbocycles. The molecule has 2 rings (SSSR count). The second-order valence-corrected chi connectivity index (χ2v) is 3.78. The second-order valence-electron chi connectivity index (χ2n) is 3.78. The third kappa shape index (κ3) is 1.65. The molecular formula is C11H17N3. The fraction of sp³-hybridized carbons (Fsp3) is 0.545. The van der Waals surface area contributed by atoms with E-state index >= 15 is 0 Å². The van der Waals surface area contributed by atoms with E-state index in [0.717, 1.165) is 25.2 Å². The van der Waals surface area contributed by atoms with Gasteiger partial charge in [0.1, 0.15) is 0 Å². The van der Waals surface area contributed by atoms with E-state index in [2.05, 4.69) is 22.9 Å². The molecule has 0 saturated carbocycles. The van der Waals surface area contributed by atoms with Crippen molar-refractivity contribution in [2.75, 3.05) is 13.1 Å². The first-order chi connectivity index (χ1) is 6.83. The third-order valence-electron chi connectivity index (χ3n) is 2.95. The zero-order valence-corrected chi connectivity index (χ0v) is 8.56. The molecule has 1 aromatic rings. The molecule has 1 saturated heterocycles. The molecule has 1 aliphatic heterocycles. The van der Waals surface area contributed by atoms with Crippen LogP contribution in [0.15, 0.2) is 24.4 Å². The van der Waals surface area contributed by atoms with Gasteiger partial charge >= 0.3 is 0 Å². The number of likely N-dealkylation sites (tertiary alicyclic amines) is 1. The van der Waals surface area contributed by atoms with Crippen molar-refractivity contribution in [2.24, 2.45) is 5.73 Å². The van der Waals surface area contributed by atoms with Crippen LogP contribution in [0.1, 0.15) is 25.1 Å². The Hall–Kier alpha value is -0.930. The lowest BCUT2D eigenvalue weighted by molar-refractivity contribution is 0.256. The molecule has 2 unspecified atom stereocenters. The molecule has 0 radical (unpaired) electrons. The summed E-state index contributed by atoms with van der Waals surface area (Å²) in [6.07, 6.45) is 2.92. The largest absolute Gasteiger partial charge is 0.326 e. The van der Waals surface area contributed by atoms with Gasteiger partial charge in [-0.25, -0.2) is 0 Å². The van der Waals surface area contributed by atoms with Crippen LogP contribution in [-0.2, 0) is 0 Å². The van der Waals surface area contributed by atoms with Crippen molar-refractivity contribution in [1.82, 2.24) is 9.88 Å². The number of aromatic nitrogens is 1. The smallest absolute Gasteiger partial charge is 0.0674 e. The van der Waals surface area contributed by atoms with Gasteiger partial charge in [-0.1, -0.05) is 13.0 Å². The molecule has 0 spiro atoms. The highest BCUT2D eigenvalue weighted by Gasteiger charge is 2.32. The molecule has 14 heavy (non-hydrogen) atoms. The number of nitrogens with two attached hydrogens (primary N) is 1. The number of hydrogen-bond acceptors (Lipinski definition) is 3. The van der Waals surface area contributed by atoms with Crippen LogP contribution in [0.25, 0.3) is 0 Å². The highest BCUT2D eigenvalue weighted by atomic mass is 15.2. The SMILES string of the molecule is CCN1CCC(N)C1c1ccccn1. The summed E-state index contributed by atoms with van der Waals surface area (Å²) in [7, 11) is 0. The van der Waals surface area contributed by atoms with Crippen LogP contribution >= 0.6 is 0 Å². The quantitative estimate of drug-likeness (QED) is 0.763. The van der Waals surface area contributed by atoms with Crippen molar-refractivity contribution in [3.05, 3.63) is 30.1 Å². The maximum Gasteiger partial charge on any atom is 0.0674 e. The van der Waals surface area contributed by atoms with Gasteiger partial charge in [-0.15, -0.1) is 0 Å². The van der Waals surface area contributed by atoms with Crippen LogP contribution in [0.2, 0.25) is 0 Å². The van der Waals surface area contributed by atoms with Crippen molar-refractivity contribution >= 4 is 0 Å². The molecule has 1 aromatic heterocycles. The number of rotatable bonds is 2. The maximum absolute atomic E-state index is 6.10. The van der Waals surface area contributed by atoms with E-state index in [1.165, 1.54) is 0 Å². The lowest BCUT2D eigenvalue weighted by Gasteiger charge is -2.24. The van der Waals surface area contributed by atoms with E-state index in [1.807, 2.05) is 18.3 Å². The predicted molar refractivity (Wildman–Crippen MR) is 56.8 cm³/mol. The molecule has 2 heterocycles. The first-order valence-electron chi connectivity index (χ1n) is 5.23. The molecule has 3 heteroatoms. The van der Waals surface area contributed by atoms with E-state index in [-0.39, 0.29) is 6.04 Å². The van der Waals surface area contributed by atoms with E-state index in [1.54, 1.807) is 0 Å². The van der Waals surface area contributed by atoms with Crippen LogP contribution in [0.5, 0.6) is 0 Å². The van der Waals surface area contributed by atoms with Crippen LogP contribution < -0.4 is 5.73 Å². The molecule has 3 nitrogen and oxygen atoms in total. The Morgan fingerprint density at radius 2 is 2.43 bits per heavy atom. The van der Waals surface area contributed by atoms with Crippen molar-refractivity contribution in [3.63, 3.8) is 0 Å². The van der Waals surface area contributed by atoms with Gasteiger partial charge in [0, 0.05) is 18.8 Å². The fourth-order valence-electron chi connectivity index (χ4n) is 2.19. The molecule has 0 aromatic carbocycles. The summed E-state index contributed by atoms with van der Waals surface area (Å²) in [5.41, 5.74) is 7.21. The van der Waals surface area contributed by atoms with E-state index in [9.17, 15) is 0 Å². The van der Waals surface area contributed by atoms with Gasteiger partial charge in [-0.2, -0.15) is 0 Å². The first-order valence-corrected chi connectivity index (χ1v) is 5.23. The van der Waals surface area contributed by atoms with Gasteiger partial charge in [0.15, 0.2) is 0 Å². The molecule has 1 fully saturated rings. The summed E-state index contributed by atoms with van der Waals surface area (Å²) in [6.45, 7) is 4.32. The zero-order chi connectivity index (χ0) is 9.97. The maximum atomic E-state index is 6.10. The van der Waals surface area contributed by atoms with Gasteiger partial charge < -0.3 is 5.73 Å². The summed E-state index contributed by atoms with van der Waals surface area (Å²) in [4.78, 5) is 6.78. The summed E-state index contributed by atoms with van der Waals surface area (Å²) >= 11 is 0. The molecule has 2 N–H and O–H groups in total. The minimum atomic E-state index is 0.241. The Kier molecular flexibility index (Phi) is 2.79. The van der Waals surface area contributed by atoms with Crippen molar-refractivity contribution < 1.29 is 0 Å². The molecule has 2 atom stereocenters. The van der Waals surface area contributed by atoms with Gasteiger partial charge in [0.05, 0.1) is 11.7 Å². The van der Waals surface area contributed by atoms with Crippen LogP contribution in [0.3, 0.4) is 0 Å². The number of nitrogens with zero attached hydrogens (tertiary/aromatic N) is 2. The molecule has 0 bridgehead atoms. The summed E-state index contributed by atoms with van der Waals surface area (Å²) in [6, 6.07) is 6.60. The Morgan fingerprint density at radius 1 is 1.57 bits per heavy atom. The minimum Gasteiger partial charge on any atom is -0.326 e. The number of hydrogen-bond donors (Lipinski definition) is 1. The van der Waals surface area contributed by atoms with Gasteiger partial charge in [0.25, 0.3) is 0 Å². The third-order valence-corrected chi connectivity index (χ3v) is 2.95. The van der Waals surface area contributed by atoms with Gasteiger partial charge in [-0.3, -0.25) is 9.88 Å². The van der Waals surface area contributed by atoms with Gasteiger partial charge in [0.2, 0.25) is 0 Å². The van der Waals surface area contributed by atoms with E-state index in [0.29, 0.717) is 6.04 Å². The number of pyridine rings is 1. The van der Waals surface area contributed by atoms with Crippen LogP contribution in [-0.4, -0.2) is 29.0 Å². The average Bonchev–Trinajstić information content (AvgIpc) is 2.61. The van der Waals surface area contributed by atoms with E-state index in [4.69, 9.17) is 5.73 Å². The fourth-order valence-corrected chi connectivity index (χ4v) is 2.19. The Bertz CT molecular complexity index is 286. The van der Waals surface area contributed by atoms with Crippen molar-refractivity contribution in [2.45, 2.75) is 25.4 Å².